The third-order valence-electron chi connectivity index (χ3n) is 3.73. The van der Waals surface area contributed by atoms with Gasteiger partial charge in [0.1, 0.15) is 11.9 Å². The van der Waals surface area contributed by atoms with Gasteiger partial charge in [0.15, 0.2) is 0 Å². The first kappa shape index (κ1) is 18.4. The number of hydrogen-bond acceptors (Lipinski definition) is 2. The van der Waals surface area contributed by atoms with Gasteiger partial charge < -0.3 is 5.73 Å². The quantitative estimate of drug-likeness (QED) is 0.772. The first-order valence-corrected chi connectivity index (χ1v) is 7.33. The largest absolute Gasteiger partial charge is 0.455 e. The van der Waals surface area contributed by atoms with E-state index in [1.165, 1.54) is 0 Å². The summed E-state index contributed by atoms with van der Waals surface area (Å²) in [5.74, 6) is -6.42. The first-order valence-electron chi connectivity index (χ1n) is 6.95. The topological polar surface area (TPSA) is 29.3 Å². The van der Waals surface area contributed by atoms with Crippen LogP contribution < -0.4 is 5.73 Å². The Balaban J connectivity index is 2.57. The summed E-state index contributed by atoms with van der Waals surface area (Å²) in [7, 11) is 0. The van der Waals surface area contributed by atoms with E-state index >= 15 is 0 Å². The van der Waals surface area contributed by atoms with Crippen molar-refractivity contribution in [2.75, 3.05) is 13.1 Å². The maximum atomic E-state index is 14.2. The van der Waals surface area contributed by atoms with Crippen molar-refractivity contribution < 1.29 is 26.3 Å². The maximum absolute atomic E-state index is 14.2. The molecule has 0 bridgehead atoms. The van der Waals surface area contributed by atoms with E-state index < -0.39 is 40.6 Å². The monoisotopic (exact) mass is 360 g/mol. The van der Waals surface area contributed by atoms with Gasteiger partial charge in [-0.1, -0.05) is 23.7 Å². The Kier molecular flexibility index (Phi) is 5.18. The number of hydrogen-bond donors (Lipinski definition) is 1. The van der Waals surface area contributed by atoms with Crippen molar-refractivity contribution in [1.82, 2.24) is 4.90 Å². The van der Waals surface area contributed by atoms with Crippen LogP contribution in [0, 0.1) is 5.82 Å². The van der Waals surface area contributed by atoms with Crippen LogP contribution >= 0.6 is 11.6 Å². The highest BCUT2D eigenvalue weighted by Crippen LogP contribution is 2.50. The van der Waals surface area contributed by atoms with Crippen LogP contribution in [0.25, 0.3) is 0 Å². The smallest absolute Gasteiger partial charge is 0.329 e. The average molecular weight is 361 g/mol. The molecule has 0 spiro atoms. The van der Waals surface area contributed by atoms with Gasteiger partial charge in [-0.2, -0.15) is 22.0 Å². The zero-order chi connectivity index (χ0) is 17.4. The lowest BCUT2D eigenvalue weighted by Crippen LogP contribution is -2.51. The molecule has 1 fully saturated rings. The van der Waals surface area contributed by atoms with E-state index in [4.69, 9.17) is 17.3 Å². The molecule has 2 rings (SSSR count). The molecule has 1 saturated carbocycles. The van der Waals surface area contributed by atoms with Gasteiger partial charge in [-0.3, -0.25) is 4.90 Å². The highest BCUT2D eigenvalue weighted by atomic mass is 35.5. The summed E-state index contributed by atoms with van der Waals surface area (Å²) in [4.78, 5) is 0.933. The number of rotatable bonds is 6. The molecule has 1 aliphatic rings. The normalized spacial score (nSPS) is 17.6. The molecule has 1 aliphatic carbocycles. The summed E-state index contributed by atoms with van der Waals surface area (Å²) < 4.78 is 81.2. The second-order valence-electron chi connectivity index (χ2n) is 5.42. The molecule has 1 unspecified atom stereocenters. The fraction of sp³-hybridized carbons (Fsp3) is 0.571. The van der Waals surface area contributed by atoms with E-state index in [9.17, 15) is 26.3 Å². The second kappa shape index (κ2) is 6.49. The number of benzene rings is 1. The van der Waals surface area contributed by atoms with Crippen LogP contribution in [0.1, 0.15) is 24.4 Å². The SMILES string of the molecule is NCCN(C1CC1)C(c1cccc(Cl)c1F)C(F)(F)C(F)(F)F. The second-order valence-corrected chi connectivity index (χ2v) is 5.83. The standard InChI is InChI=1S/C14H15ClF6N2/c15-10-3-1-2-9(11(10)16)12(13(17,18)14(19,20)21)23(7-6-22)8-4-5-8/h1-3,8,12H,4-7,22H2. The third-order valence-corrected chi connectivity index (χ3v) is 4.02. The molecule has 0 aromatic heterocycles. The first-order chi connectivity index (χ1) is 10.6. The molecule has 2 N–H and O–H groups in total. The van der Waals surface area contributed by atoms with Gasteiger partial charge in [-0.25, -0.2) is 4.39 Å². The van der Waals surface area contributed by atoms with Crippen molar-refractivity contribution in [2.45, 2.75) is 37.0 Å². The zero-order valence-corrected chi connectivity index (χ0v) is 12.6. The molecule has 0 heterocycles. The van der Waals surface area contributed by atoms with Gasteiger partial charge >= 0.3 is 12.1 Å². The van der Waals surface area contributed by atoms with Crippen molar-refractivity contribution >= 4 is 11.6 Å². The van der Waals surface area contributed by atoms with E-state index in [0.717, 1.165) is 23.1 Å². The number of nitrogens with two attached hydrogens (primary N) is 1. The predicted octanol–water partition coefficient (Wildman–Crippen LogP) is 4.14. The lowest BCUT2D eigenvalue weighted by Gasteiger charge is -2.38. The summed E-state index contributed by atoms with van der Waals surface area (Å²) in [6.45, 7) is -0.323. The summed E-state index contributed by atoms with van der Waals surface area (Å²) in [6, 6.07) is 0.158. The molecule has 1 aromatic rings. The van der Waals surface area contributed by atoms with Crippen LogP contribution in [-0.2, 0) is 0 Å². The van der Waals surface area contributed by atoms with Gasteiger partial charge in [0.25, 0.3) is 0 Å². The predicted molar refractivity (Wildman–Crippen MR) is 73.9 cm³/mol. The average Bonchev–Trinajstić information content (AvgIpc) is 3.26. The highest BCUT2D eigenvalue weighted by Gasteiger charge is 2.65. The molecule has 0 saturated heterocycles. The molecule has 9 heteroatoms. The van der Waals surface area contributed by atoms with Gasteiger partial charge in [0.2, 0.25) is 0 Å². The van der Waals surface area contributed by atoms with Gasteiger partial charge in [0, 0.05) is 24.7 Å². The van der Waals surface area contributed by atoms with E-state index in [-0.39, 0.29) is 13.1 Å². The minimum atomic E-state index is -5.83. The van der Waals surface area contributed by atoms with Crippen molar-refractivity contribution in [1.29, 1.82) is 0 Å². The van der Waals surface area contributed by atoms with E-state index in [1.54, 1.807) is 0 Å². The summed E-state index contributed by atoms with van der Waals surface area (Å²) in [6.07, 6.45) is -4.90. The van der Waals surface area contributed by atoms with Crippen molar-refractivity contribution in [2.24, 2.45) is 5.73 Å². The molecule has 0 aliphatic heterocycles. The summed E-state index contributed by atoms with van der Waals surface area (Å²) in [5.41, 5.74) is 4.57. The Bertz CT molecular complexity index is 559. The molecule has 2 nitrogen and oxygen atoms in total. The van der Waals surface area contributed by atoms with Crippen LogP contribution in [0.3, 0.4) is 0 Å². The fourth-order valence-electron chi connectivity index (χ4n) is 2.55. The number of alkyl halides is 5. The molecular weight excluding hydrogens is 346 g/mol. The summed E-state index contributed by atoms with van der Waals surface area (Å²) in [5, 5.41) is -0.506. The van der Waals surface area contributed by atoms with Gasteiger partial charge in [-0.05, 0) is 18.9 Å². The minimum Gasteiger partial charge on any atom is -0.329 e. The van der Waals surface area contributed by atoms with Crippen LogP contribution in [-0.4, -0.2) is 36.1 Å². The van der Waals surface area contributed by atoms with Crippen molar-refractivity contribution in [3.63, 3.8) is 0 Å². The maximum Gasteiger partial charge on any atom is 0.455 e. The molecular formula is C14H15ClF6N2. The van der Waals surface area contributed by atoms with Crippen molar-refractivity contribution in [3.05, 3.63) is 34.6 Å². The lowest BCUT2D eigenvalue weighted by molar-refractivity contribution is -0.306. The Morgan fingerprint density at radius 2 is 1.83 bits per heavy atom. The molecule has 0 amide bonds. The molecule has 23 heavy (non-hydrogen) atoms. The zero-order valence-electron chi connectivity index (χ0n) is 11.9. The van der Waals surface area contributed by atoms with E-state index in [1.807, 2.05) is 0 Å². The van der Waals surface area contributed by atoms with Crippen LogP contribution in [0.4, 0.5) is 26.3 Å². The van der Waals surface area contributed by atoms with Crippen LogP contribution in [0.5, 0.6) is 0 Å². The Morgan fingerprint density at radius 1 is 1.22 bits per heavy atom. The van der Waals surface area contributed by atoms with Gasteiger partial charge in [0.05, 0.1) is 5.02 Å². The van der Waals surface area contributed by atoms with E-state index in [0.29, 0.717) is 12.8 Å². The van der Waals surface area contributed by atoms with Crippen LogP contribution in [0.2, 0.25) is 5.02 Å². The number of nitrogens with zero attached hydrogens (tertiary/aromatic N) is 1. The molecule has 1 aromatic carbocycles. The Labute approximate surface area is 134 Å². The molecule has 130 valence electrons. The van der Waals surface area contributed by atoms with E-state index in [2.05, 4.69) is 0 Å². The molecule has 1 atom stereocenters. The third kappa shape index (κ3) is 3.59. The lowest BCUT2D eigenvalue weighted by atomic mass is 9.97. The van der Waals surface area contributed by atoms with Gasteiger partial charge in [-0.15, -0.1) is 0 Å². The minimum absolute atomic E-state index is 0.122. The number of halogens is 7. The Hall–Kier alpha value is -0.990. The fourth-order valence-corrected chi connectivity index (χ4v) is 2.73. The van der Waals surface area contributed by atoms with Crippen molar-refractivity contribution in [3.8, 4) is 0 Å². The highest BCUT2D eigenvalue weighted by molar-refractivity contribution is 6.30. The van der Waals surface area contributed by atoms with Crippen LogP contribution in [0.15, 0.2) is 18.2 Å². The summed E-state index contributed by atoms with van der Waals surface area (Å²) >= 11 is 5.55. The Morgan fingerprint density at radius 3 is 2.30 bits per heavy atom. The molecule has 0 radical (unpaired) electrons.